The van der Waals surface area contributed by atoms with Gasteiger partial charge in [0.15, 0.2) is 6.29 Å². The van der Waals surface area contributed by atoms with Crippen molar-refractivity contribution in [2.24, 2.45) is 4.99 Å². The number of esters is 1. The zero-order valence-electron chi connectivity index (χ0n) is 13.5. The second kappa shape index (κ2) is 6.49. The van der Waals surface area contributed by atoms with Gasteiger partial charge in [0.2, 0.25) is 0 Å². The first-order valence-corrected chi connectivity index (χ1v) is 8.07. The van der Waals surface area contributed by atoms with Crippen LogP contribution in [-0.4, -0.2) is 25.1 Å². The van der Waals surface area contributed by atoms with Crippen LogP contribution in [0.2, 0.25) is 0 Å². The number of aldehydes is 1. The normalized spacial score (nSPS) is 21.0. The smallest absolute Gasteiger partial charge is 0.338 e. The Morgan fingerprint density at radius 3 is 2.74 bits per heavy atom. The summed E-state index contributed by atoms with van der Waals surface area (Å²) in [6, 6.07) is 5.74. The summed E-state index contributed by atoms with van der Waals surface area (Å²) in [6.07, 6.45) is 6.68. The molecule has 23 heavy (non-hydrogen) atoms. The van der Waals surface area contributed by atoms with Crippen LogP contribution in [0.5, 0.6) is 0 Å². The number of aliphatic imine (C=N–C) groups is 1. The molecule has 120 valence electrons. The molecule has 1 heterocycles. The molecule has 3 rings (SSSR count). The van der Waals surface area contributed by atoms with Crippen molar-refractivity contribution in [1.29, 1.82) is 0 Å². The number of carbonyl (C=O) groups excluding carboxylic acids is 2. The Bertz CT molecular complexity index is 699. The second-order valence-electron chi connectivity index (χ2n) is 6.16. The highest BCUT2D eigenvalue weighted by atomic mass is 16.5. The zero-order chi connectivity index (χ0) is 16.4. The molecule has 0 aromatic heterocycles. The van der Waals surface area contributed by atoms with Gasteiger partial charge in [0.25, 0.3) is 0 Å². The molecule has 2 aliphatic rings. The van der Waals surface area contributed by atoms with E-state index in [9.17, 15) is 9.59 Å². The molecule has 0 N–H and O–H groups in total. The van der Waals surface area contributed by atoms with E-state index in [-0.39, 0.29) is 12.0 Å². The van der Waals surface area contributed by atoms with Crippen molar-refractivity contribution in [3.63, 3.8) is 0 Å². The fourth-order valence-corrected chi connectivity index (χ4v) is 3.25. The van der Waals surface area contributed by atoms with Gasteiger partial charge in [-0.25, -0.2) is 4.79 Å². The fraction of sp³-hybridized carbons (Fsp3) is 0.421. The van der Waals surface area contributed by atoms with Crippen molar-refractivity contribution in [3.8, 4) is 0 Å². The molecule has 1 atom stereocenters. The van der Waals surface area contributed by atoms with E-state index < -0.39 is 0 Å². The Balaban J connectivity index is 2.09. The van der Waals surface area contributed by atoms with Crippen LogP contribution in [0, 0.1) is 0 Å². The first-order chi connectivity index (χ1) is 11.2. The van der Waals surface area contributed by atoms with Crippen LogP contribution in [0.1, 0.15) is 66.1 Å². The lowest BCUT2D eigenvalue weighted by atomic mass is 9.90. The van der Waals surface area contributed by atoms with Crippen LogP contribution in [0.3, 0.4) is 0 Å². The minimum absolute atomic E-state index is 0.102. The average Bonchev–Trinajstić information content (AvgIpc) is 3.41. The summed E-state index contributed by atoms with van der Waals surface area (Å²) in [4.78, 5) is 28.1. The minimum Gasteiger partial charge on any atom is -0.465 e. The van der Waals surface area contributed by atoms with Gasteiger partial charge < -0.3 is 4.74 Å². The van der Waals surface area contributed by atoms with E-state index in [2.05, 4.69) is 6.07 Å². The fourth-order valence-electron chi connectivity index (χ4n) is 3.25. The van der Waals surface area contributed by atoms with E-state index in [1.807, 2.05) is 25.1 Å². The SMILES string of the molecule is COC(=O)c1cccc(C2CC2)c1C1CCC=C(C=O)C(C)=N1. The highest BCUT2D eigenvalue weighted by Crippen LogP contribution is 2.45. The topological polar surface area (TPSA) is 55.7 Å². The van der Waals surface area contributed by atoms with Crippen molar-refractivity contribution in [3.05, 3.63) is 46.5 Å². The van der Waals surface area contributed by atoms with Gasteiger partial charge in [-0.3, -0.25) is 9.79 Å². The van der Waals surface area contributed by atoms with Gasteiger partial charge in [-0.15, -0.1) is 0 Å². The van der Waals surface area contributed by atoms with Gasteiger partial charge in [-0.2, -0.15) is 0 Å². The number of allylic oxidation sites excluding steroid dienone is 2. The number of methoxy groups -OCH3 is 1. The Morgan fingerprint density at radius 1 is 1.30 bits per heavy atom. The number of rotatable bonds is 4. The summed E-state index contributed by atoms with van der Waals surface area (Å²) in [5.41, 5.74) is 4.19. The predicted molar refractivity (Wildman–Crippen MR) is 89.0 cm³/mol. The first kappa shape index (κ1) is 15.7. The molecular formula is C19H21NO3. The molecular weight excluding hydrogens is 290 g/mol. The first-order valence-electron chi connectivity index (χ1n) is 8.07. The summed E-state index contributed by atoms with van der Waals surface area (Å²) in [5, 5.41) is 0. The van der Waals surface area contributed by atoms with Crippen molar-refractivity contribution in [2.75, 3.05) is 7.11 Å². The maximum atomic E-state index is 12.2. The Kier molecular flexibility index (Phi) is 4.42. The van der Waals surface area contributed by atoms with Gasteiger partial charge in [0.05, 0.1) is 18.7 Å². The van der Waals surface area contributed by atoms with Gasteiger partial charge in [-0.1, -0.05) is 18.2 Å². The van der Waals surface area contributed by atoms with E-state index in [0.29, 0.717) is 17.1 Å². The molecule has 0 amide bonds. The third-order valence-electron chi connectivity index (χ3n) is 4.59. The molecule has 1 fully saturated rings. The molecule has 4 heteroatoms. The number of hydrogen-bond acceptors (Lipinski definition) is 4. The second-order valence-corrected chi connectivity index (χ2v) is 6.16. The third-order valence-corrected chi connectivity index (χ3v) is 4.59. The van der Waals surface area contributed by atoms with Crippen LogP contribution >= 0.6 is 0 Å². The maximum absolute atomic E-state index is 12.2. The highest BCUT2D eigenvalue weighted by molar-refractivity contribution is 6.13. The summed E-state index contributed by atoms with van der Waals surface area (Å²) in [7, 11) is 1.41. The summed E-state index contributed by atoms with van der Waals surface area (Å²) >= 11 is 0. The molecule has 0 radical (unpaired) electrons. The minimum atomic E-state index is -0.317. The van der Waals surface area contributed by atoms with E-state index in [4.69, 9.17) is 9.73 Å². The molecule has 1 saturated carbocycles. The van der Waals surface area contributed by atoms with Gasteiger partial charge in [-0.05, 0) is 55.7 Å². The van der Waals surface area contributed by atoms with E-state index >= 15 is 0 Å². The molecule has 1 aromatic carbocycles. The maximum Gasteiger partial charge on any atom is 0.338 e. The largest absolute Gasteiger partial charge is 0.465 e. The average molecular weight is 311 g/mol. The standard InChI is InChI=1S/C19H21NO3/c1-12-14(11-21)5-3-8-17(20-12)18-15(13-9-10-13)6-4-7-16(18)19(22)23-2/h4-7,11,13,17H,3,8-10H2,1-2H3. The van der Waals surface area contributed by atoms with Crippen LogP contribution < -0.4 is 0 Å². The lowest BCUT2D eigenvalue weighted by Gasteiger charge is -2.19. The lowest BCUT2D eigenvalue weighted by Crippen LogP contribution is -2.12. The van der Waals surface area contributed by atoms with E-state index in [0.717, 1.165) is 43.2 Å². The highest BCUT2D eigenvalue weighted by Gasteiger charge is 2.32. The van der Waals surface area contributed by atoms with Crippen LogP contribution in [0.25, 0.3) is 0 Å². The molecule has 1 aromatic rings. The molecule has 0 bridgehead atoms. The van der Waals surface area contributed by atoms with Gasteiger partial charge >= 0.3 is 5.97 Å². The predicted octanol–water partition coefficient (Wildman–Crippen LogP) is 3.77. The number of ether oxygens (including phenoxy) is 1. The number of carbonyl (C=O) groups is 2. The van der Waals surface area contributed by atoms with E-state index in [1.54, 1.807) is 0 Å². The van der Waals surface area contributed by atoms with Gasteiger partial charge in [0.1, 0.15) is 0 Å². The molecule has 0 spiro atoms. The van der Waals surface area contributed by atoms with Crippen LogP contribution in [-0.2, 0) is 9.53 Å². The number of hydrogen-bond donors (Lipinski definition) is 0. The Labute approximate surface area is 136 Å². The molecule has 1 unspecified atom stereocenters. The van der Waals surface area contributed by atoms with Crippen molar-refractivity contribution < 1.29 is 14.3 Å². The van der Waals surface area contributed by atoms with Crippen LogP contribution in [0.15, 0.2) is 34.8 Å². The van der Waals surface area contributed by atoms with Crippen molar-refractivity contribution >= 4 is 18.0 Å². The van der Waals surface area contributed by atoms with E-state index in [1.165, 1.54) is 12.7 Å². The zero-order valence-corrected chi connectivity index (χ0v) is 13.5. The monoisotopic (exact) mass is 311 g/mol. The number of benzene rings is 1. The summed E-state index contributed by atoms with van der Waals surface area (Å²) < 4.78 is 4.97. The molecule has 1 aliphatic heterocycles. The van der Waals surface area contributed by atoms with Gasteiger partial charge in [0, 0.05) is 11.3 Å². The van der Waals surface area contributed by atoms with Crippen molar-refractivity contribution in [1.82, 2.24) is 0 Å². The Hall–Kier alpha value is -2.23. The quantitative estimate of drug-likeness (QED) is 0.628. The Morgan fingerprint density at radius 2 is 2.09 bits per heavy atom. The molecule has 4 nitrogen and oxygen atoms in total. The lowest BCUT2D eigenvalue weighted by molar-refractivity contribution is -0.104. The number of nitrogens with zero attached hydrogens (tertiary/aromatic N) is 1. The molecule has 0 saturated heterocycles. The van der Waals surface area contributed by atoms with Crippen molar-refractivity contribution in [2.45, 2.75) is 44.6 Å². The third kappa shape index (κ3) is 3.11. The molecule has 1 aliphatic carbocycles. The summed E-state index contributed by atoms with van der Waals surface area (Å²) in [6.45, 7) is 1.86. The van der Waals surface area contributed by atoms with Crippen LogP contribution in [0.4, 0.5) is 0 Å². The summed E-state index contributed by atoms with van der Waals surface area (Å²) in [5.74, 6) is 0.204.